The lowest BCUT2D eigenvalue weighted by atomic mass is 10.2. The smallest absolute Gasteiger partial charge is 0.255 e. The largest absolute Gasteiger partial charge is 0.494 e. The molecule has 0 aliphatic carbocycles. The number of rotatable bonds is 6. The fraction of sp³-hybridized carbons (Fsp3) is 0.174. The van der Waals surface area contributed by atoms with E-state index in [-0.39, 0.29) is 5.91 Å². The molecule has 4 rings (SSSR count). The van der Waals surface area contributed by atoms with Crippen molar-refractivity contribution in [2.24, 2.45) is 0 Å². The Labute approximate surface area is 169 Å². The van der Waals surface area contributed by atoms with E-state index >= 15 is 0 Å². The van der Waals surface area contributed by atoms with Gasteiger partial charge >= 0.3 is 0 Å². The van der Waals surface area contributed by atoms with Crippen molar-refractivity contribution in [3.8, 4) is 11.4 Å². The lowest BCUT2D eigenvalue weighted by molar-refractivity contribution is 0.102. The molecule has 0 bridgehead atoms. The summed E-state index contributed by atoms with van der Waals surface area (Å²) in [5.74, 6) is 0.559. The van der Waals surface area contributed by atoms with Crippen LogP contribution in [0.3, 0.4) is 0 Å². The number of fused-ring (bicyclic) bond motifs is 1. The number of anilines is 1. The highest BCUT2D eigenvalue weighted by Gasteiger charge is 2.09. The molecule has 0 radical (unpaired) electrons. The number of ether oxygens (including phenoxy) is 1. The number of nitrogens with one attached hydrogen (secondary N) is 1. The Morgan fingerprint density at radius 2 is 1.66 bits per heavy atom. The van der Waals surface area contributed by atoms with Crippen LogP contribution in [0.4, 0.5) is 5.69 Å². The number of carbonyl (C=O) groups is 1. The fourth-order valence-electron chi connectivity index (χ4n) is 3.05. The van der Waals surface area contributed by atoms with Gasteiger partial charge < -0.3 is 10.1 Å². The van der Waals surface area contributed by atoms with Crippen LogP contribution in [0.15, 0.2) is 66.7 Å². The SMILES string of the molecule is CCOc1ccc(C(=O)Nc2ccc3nn(-c4ccc(CC)cc4)nc3c2)cc1. The standard InChI is InChI=1S/C23H22N4O2/c1-3-16-5-10-19(11-6-16)27-25-21-14-9-18(15-22(21)26-27)24-23(28)17-7-12-20(13-8-17)29-4-2/h5-15H,3-4H2,1-2H3,(H,24,28). The molecule has 6 heteroatoms. The second kappa shape index (κ2) is 8.14. The molecular weight excluding hydrogens is 364 g/mol. The highest BCUT2D eigenvalue weighted by atomic mass is 16.5. The Bertz CT molecular complexity index is 1130. The van der Waals surface area contributed by atoms with Crippen LogP contribution in [-0.2, 0) is 6.42 Å². The Hall–Kier alpha value is -3.67. The molecule has 0 saturated carbocycles. The number of carbonyl (C=O) groups excluding carboxylic acids is 1. The van der Waals surface area contributed by atoms with Gasteiger partial charge in [0.05, 0.1) is 12.3 Å². The summed E-state index contributed by atoms with van der Waals surface area (Å²) in [5, 5.41) is 12.0. The maximum absolute atomic E-state index is 12.5. The van der Waals surface area contributed by atoms with Crippen molar-refractivity contribution in [2.75, 3.05) is 11.9 Å². The van der Waals surface area contributed by atoms with Gasteiger partial charge in [0.15, 0.2) is 0 Å². The molecular formula is C23H22N4O2. The maximum atomic E-state index is 12.5. The third kappa shape index (κ3) is 4.11. The summed E-state index contributed by atoms with van der Waals surface area (Å²) in [5.41, 5.74) is 4.89. The van der Waals surface area contributed by atoms with Gasteiger partial charge in [0.25, 0.3) is 5.91 Å². The van der Waals surface area contributed by atoms with E-state index in [0.29, 0.717) is 23.4 Å². The molecule has 1 aromatic heterocycles. The van der Waals surface area contributed by atoms with Crippen LogP contribution in [0.25, 0.3) is 16.7 Å². The summed E-state index contributed by atoms with van der Waals surface area (Å²) in [6.07, 6.45) is 0.992. The lowest BCUT2D eigenvalue weighted by Gasteiger charge is -2.06. The zero-order chi connectivity index (χ0) is 20.2. The highest BCUT2D eigenvalue weighted by Crippen LogP contribution is 2.19. The first-order valence-corrected chi connectivity index (χ1v) is 9.67. The van der Waals surface area contributed by atoms with Gasteiger partial charge in [0, 0.05) is 11.3 Å². The first-order chi connectivity index (χ1) is 14.2. The number of amides is 1. The zero-order valence-corrected chi connectivity index (χ0v) is 16.4. The number of nitrogens with zero attached hydrogens (tertiary/aromatic N) is 3. The second-order valence-electron chi connectivity index (χ2n) is 6.62. The maximum Gasteiger partial charge on any atom is 0.255 e. The van der Waals surface area contributed by atoms with Gasteiger partial charge in [-0.1, -0.05) is 19.1 Å². The summed E-state index contributed by atoms with van der Waals surface area (Å²) in [6.45, 7) is 4.64. The molecule has 6 nitrogen and oxygen atoms in total. The van der Waals surface area contributed by atoms with E-state index in [1.165, 1.54) is 5.56 Å². The van der Waals surface area contributed by atoms with Crippen LogP contribution in [-0.4, -0.2) is 27.5 Å². The number of hydrogen-bond donors (Lipinski definition) is 1. The summed E-state index contributed by atoms with van der Waals surface area (Å²) < 4.78 is 5.41. The normalized spacial score (nSPS) is 10.8. The van der Waals surface area contributed by atoms with Gasteiger partial charge in [-0.05, 0) is 73.5 Å². The van der Waals surface area contributed by atoms with Crippen LogP contribution < -0.4 is 10.1 Å². The number of hydrogen-bond acceptors (Lipinski definition) is 4. The molecule has 29 heavy (non-hydrogen) atoms. The van der Waals surface area contributed by atoms with Gasteiger partial charge in [-0.3, -0.25) is 4.79 Å². The Kier molecular flexibility index (Phi) is 5.24. The Morgan fingerprint density at radius 3 is 2.34 bits per heavy atom. The van der Waals surface area contributed by atoms with Gasteiger partial charge in [-0.2, -0.15) is 4.80 Å². The average molecular weight is 386 g/mol. The molecule has 0 fully saturated rings. The van der Waals surface area contributed by atoms with Crippen LogP contribution >= 0.6 is 0 Å². The number of aromatic nitrogens is 3. The van der Waals surface area contributed by atoms with E-state index in [4.69, 9.17) is 4.74 Å². The van der Waals surface area contributed by atoms with Crippen molar-refractivity contribution in [1.29, 1.82) is 0 Å². The molecule has 4 aromatic rings. The topological polar surface area (TPSA) is 69.0 Å². The fourth-order valence-corrected chi connectivity index (χ4v) is 3.05. The van der Waals surface area contributed by atoms with E-state index in [2.05, 4.69) is 34.6 Å². The van der Waals surface area contributed by atoms with E-state index in [0.717, 1.165) is 23.4 Å². The molecule has 0 aliphatic rings. The third-order valence-electron chi connectivity index (χ3n) is 4.64. The molecule has 0 aliphatic heterocycles. The van der Waals surface area contributed by atoms with Crippen LogP contribution in [0.5, 0.6) is 5.75 Å². The average Bonchev–Trinajstić information content (AvgIpc) is 3.18. The van der Waals surface area contributed by atoms with Gasteiger partial charge in [0.2, 0.25) is 0 Å². The third-order valence-corrected chi connectivity index (χ3v) is 4.64. The number of aryl methyl sites for hydroxylation is 1. The minimum atomic E-state index is -0.185. The minimum absolute atomic E-state index is 0.185. The van der Waals surface area contributed by atoms with E-state index < -0.39 is 0 Å². The first-order valence-electron chi connectivity index (χ1n) is 9.67. The second-order valence-corrected chi connectivity index (χ2v) is 6.62. The predicted octanol–water partition coefficient (Wildman–Crippen LogP) is 4.63. The van der Waals surface area contributed by atoms with E-state index in [1.54, 1.807) is 29.1 Å². The molecule has 1 amide bonds. The monoisotopic (exact) mass is 386 g/mol. The minimum Gasteiger partial charge on any atom is -0.494 e. The van der Waals surface area contributed by atoms with Gasteiger partial charge in [-0.25, -0.2) is 0 Å². The quantitative estimate of drug-likeness (QED) is 0.524. The highest BCUT2D eigenvalue weighted by molar-refractivity contribution is 6.05. The first kappa shape index (κ1) is 18.7. The van der Waals surface area contributed by atoms with Crippen LogP contribution in [0, 0.1) is 0 Å². The van der Waals surface area contributed by atoms with Crippen molar-refractivity contribution >= 4 is 22.6 Å². The molecule has 0 atom stereocenters. The van der Waals surface area contributed by atoms with Crippen molar-refractivity contribution < 1.29 is 9.53 Å². The number of benzene rings is 3. The summed E-state index contributed by atoms with van der Waals surface area (Å²) in [6, 6.07) is 20.7. The molecule has 0 saturated heterocycles. The summed E-state index contributed by atoms with van der Waals surface area (Å²) >= 11 is 0. The Balaban J connectivity index is 1.53. The van der Waals surface area contributed by atoms with Crippen molar-refractivity contribution in [1.82, 2.24) is 15.0 Å². The zero-order valence-electron chi connectivity index (χ0n) is 16.4. The molecule has 3 aromatic carbocycles. The molecule has 1 heterocycles. The van der Waals surface area contributed by atoms with Crippen LogP contribution in [0.2, 0.25) is 0 Å². The molecule has 1 N–H and O–H groups in total. The summed E-state index contributed by atoms with van der Waals surface area (Å²) in [7, 11) is 0. The van der Waals surface area contributed by atoms with Gasteiger partial charge in [-0.15, -0.1) is 10.2 Å². The molecule has 0 unspecified atom stereocenters. The Morgan fingerprint density at radius 1 is 0.931 bits per heavy atom. The van der Waals surface area contributed by atoms with E-state index in [9.17, 15) is 4.79 Å². The van der Waals surface area contributed by atoms with Crippen molar-refractivity contribution in [3.63, 3.8) is 0 Å². The van der Waals surface area contributed by atoms with Crippen molar-refractivity contribution in [2.45, 2.75) is 20.3 Å². The molecule has 0 spiro atoms. The van der Waals surface area contributed by atoms with Crippen molar-refractivity contribution in [3.05, 3.63) is 77.9 Å². The summed E-state index contributed by atoms with van der Waals surface area (Å²) in [4.78, 5) is 14.1. The predicted molar refractivity (Wildman–Crippen MR) is 114 cm³/mol. The van der Waals surface area contributed by atoms with Gasteiger partial charge in [0.1, 0.15) is 16.8 Å². The molecule has 146 valence electrons. The van der Waals surface area contributed by atoms with Crippen LogP contribution in [0.1, 0.15) is 29.8 Å². The van der Waals surface area contributed by atoms with E-state index in [1.807, 2.05) is 37.3 Å². The lowest BCUT2D eigenvalue weighted by Crippen LogP contribution is -2.11.